The van der Waals surface area contributed by atoms with Gasteiger partial charge in [-0.1, -0.05) is 41.9 Å². The zero-order valence-corrected chi connectivity index (χ0v) is 14.9. The highest BCUT2D eigenvalue weighted by molar-refractivity contribution is 6.30. The molecule has 1 saturated heterocycles. The monoisotopic (exact) mass is 355 g/mol. The van der Waals surface area contributed by atoms with E-state index in [9.17, 15) is 4.79 Å². The summed E-state index contributed by atoms with van der Waals surface area (Å²) >= 11 is 6.03. The van der Waals surface area contributed by atoms with E-state index in [1.54, 1.807) is 0 Å². The molecule has 0 radical (unpaired) electrons. The summed E-state index contributed by atoms with van der Waals surface area (Å²) in [6.07, 6.45) is 3.46. The topological polar surface area (TPSA) is 29.5 Å². The zero-order chi connectivity index (χ0) is 17.2. The van der Waals surface area contributed by atoms with E-state index in [1.807, 2.05) is 23.1 Å². The summed E-state index contributed by atoms with van der Waals surface area (Å²) in [4.78, 5) is 14.8. The molecule has 2 heterocycles. The molecule has 25 heavy (non-hydrogen) atoms. The smallest absolute Gasteiger partial charge is 0.263 e. The van der Waals surface area contributed by atoms with E-state index in [0.29, 0.717) is 17.4 Å². The number of carbonyl (C=O) groups excluding carboxylic acids is 1. The van der Waals surface area contributed by atoms with Gasteiger partial charge in [-0.3, -0.25) is 4.79 Å². The number of rotatable bonds is 3. The second-order valence-corrected chi connectivity index (χ2v) is 7.46. The van der Waals surface area contributed by atoms with Crippen molar-refractivity contribution < 1.29 is 9.53 Å². The number of piperidine rings is 1. The Labute approximate surface area is 153 Å². The van der Waals surface area contributed by atoms with E-state index in [4.69, 9.17) is 16.3 Å². The Morgan fingerprint density at radius 1 is 1.12 bits per heavy atom. The van der Waals surface area contributed by atoms with E-state index < -0.39 is 0 Å². The molecule has 4 heteroatoms. The summed E-state index contributed by atoms with van der Waals surface area (Å²) in [5, 5.41) is 0.692. The first-order chi connectivity index (χ1) is 12.2. The Bertz CT molecular complexity index is 754. The van der Waals surface area contributed by atoms with Crippen molar-refractivity contribution in [2.75, 3.05) is 13.1 Å². The zero-order valence-electron chi connectivity index (χ0n) is 14.2. The molecule has 2 aromatic carbocycles. The number of fused-ring (bicyclic) bond motifs is 1. The first-order valence-electron chi connectivity index (χ1n) is 8.97. The minimum atomic E-state index is -0.390. The van der Waals surface area contributed by atoms with E-state index in [0.717, 1.165) is 43.7 Å². The highest BCUT2D eigenvalue weighted by Crippen LogP contribution is 2.32. The van der Waals surface area contributed by atoms with E-state index in [2.05, 4.69) is 30.3 Å². The van der Waals surface area contributed by atoms with E-state index in [1.165, 1.54) is 5.56 Å². The number of carbonyl (C=O) groups is 1. The molecule has 0 spiro atoms. The van der Waals surface area contributed by atoms with Gasteiger partial charge in [0.2, 0.25) is 0 Å². The number of ether oxygens (including phenoxy) is 1. The summed E-state index contributed by atoms with van der Waals surface area (Å²) in [5.41, 5.74) is 2.42. The average Bonchev–Trinajstić information content (AvgIpc) is 3.06. The lowest BCUT2D eigenvalue weighted by atomic mass is 9.90. The quantitative estimate of drug-likeness (QED) is 0.828. The lowest BCUT2D eigenvalue weighted by Gasteiger charge is -2.33. The molecule has 130 valence electrons. The van der Waals surface area contributed by atoms with Crippen LogP contribution in [0.15, 0.2) is 48.5 Å². The Morgan fingerprint density at radius 3 is 2.64 bits per heavy atom. The third-order valence-corrected chi connectivity index (χ3v) is 5.50. The first-order valence-corrected chi connectivity index (χ1v) is 9.34. The molecule has 3 nitrogen and oxygen atoms in total. The van der Waals surface area contributed by atoms with Crippen LogP contribution in [-0.4, -0.2) is 30.0 Å². The maximum absolute atomic E-state index is 12.8. The van der Waals surface area contributed by atoms with Crippen LogP contribution in [0.3, 0.4) is 0 Å². The van der Waals surface area contributed by atoms with Gasteiger partial charge in [0.25, 0.3) is 5.91 Å². The summed E-state index contributed by atoms with van der Waals surface area (Å²) in [5.74, 6) is 1.57. The number of halogens is 1. The van der Waals surface area contributed by atoms with Crippen molar-refractivity contribution in [1.29, 1.82) is 0 Å². The highest BCUT2D eigenvalue weighted by atomic mass is 35.5. The molecular weight excluding hydrogens is 334 g/mol. The van der Waals surface area contributed by atoms with Gasteiger partial charge in [0.15, 0.2) is 6.10 Å². The molecule has 0 aromatic heterocycles. The Balaban J connectivity index is 1.32. The molecule has 0 aliphatic carbocycles. The molecule has 2 aromatic rings. The van der Waals surface area contributed by atoms with Crippen molar-refractivity contribution in [3.05, 3.63) is 64.7 Å². The highest BCUT2D eigenvalue weighted by Gasteiger charge is 2.34. The minimum absolute atomic E-state index is 0.116. The van der Waals surface area contributed by atoms with Crippen LogP contribution >= 0.6 is 11.6 Å². The molecule has 0 unspecified atom stereocenters. The van der Waals surface area contributed by atoms with Crippen molar-refractivity contribution in [2.45, 2.75) is 31.8 Å². The maximum atomic E-state index is 12.8. The fourth-order valence-corrected chi connectivity index (χ4v) is 4.06. The van der Waals surface area contributed by atoms with Crippen LogP contribution in [0.4, 0.5) is 0 Å². The van der Waals surface area contributed by atoms with Gasteiger partial charge >= 0.3 is 0 Å². The molecule has 0 bridgehead atoms. The van der Waals surface area contributed by atoms with Gasteiger partial charge < -0.3 is 9.64 Å². The predicted octanol–water partition coefficient (Wildman–Crippen LogP) is 4.12. The number of benzene rings is 2. The average molecular weight is 356 g/mol. The number of nitrogens with zero attached hydrogens (tertiary/aromatic N) is 1. The third kappa shape index (κ3) is 3.67. The van der Waals surface area contributed by atoms with Crippen molar-refractivity contribution >= 4 is 17.5 Å². The molecule has 0 N–H and O–H groups in total. The van der Waals surface area contributed by atoms with Crippen LogP contribution in [0, 0.1) is 5.92 Å². The molecule has 4 rings (SSSR count). The standard InChI is InChI=1S/C21H22ClNO2/c22-18-6-7-19-17(13-18)14-20(25-19)21(24)23-10-8-16(9-11-23)12-15-4-2-1-3-5-15/h1-7,13,16,20H,8-12,14H2/t20-/m1/s1. The molecule has 2 aliphatic heterocycles. The van der Waals surface area contributed by atoms with E-state index in [-0.39, 0.29) is 12.0 Å². The fraction of sp³-hybridized carbons (Fsp3) is 0.381. The van der Waals surface area contributed by atoms with Crippen molar-refractivity contribution in [3.8, 4) is 5.75 Å². The molecule has 0 saturated carbocycles. The Morgan fingerprint density at radius 2 is 1.88 bits per heavy atom. The second-order valence-electron chi connectivity index (χ2n) is 7.02. The lowest BCUT2D eigenvalue weighted by Crippen LogP contribution is -2.45. The summed E-state index contributed by atoms with van der Waals surface area (Å²) in [7, 11) is 0. The second kappa shape index (κ2) is 7.09. The van der Waals surface area contributed by atoms with Crippen LogP contribution in [0.25, 0.3) is 0 Å². The van der Waals surface area contributed by atoms with Crippen molar-refractivity contribution in [3.63, 3.8) is 0 Å². The number of amides is 1. The Hall–Kier alpha value is -2.00. The van der Waals surface area contributed by atoms with Crippen LogP contribution in [0.1, 0.15) is 24.0 Å². The van der Waals surface area contributed by atoms with Crippen LogP contribution < -0.4 is 4.74 Å². The normalized spacial score (nSPS) is 20.2. The fourth-order valence-electron chi connectivity index (χ4n) is 3.86. The van der Waals surface area contributed by atoms with Crippen molar-refractivity contribution in [1.82, 2.24) is 4.90 Å². The van der Waals surface area contributed by atoms with Crippen molar-refractivity contribution in [2.24, 2.45) is 5.92 Å². The largest absolute Gasteiger partial charge is 0.480 e. The predicted molar refractivity (Wildman–Crippen MR) is 99.0 cm³/mol. The molecule has 2 aliphatic rings. The summed E-state index contributed by atoms with van der Waals surface area (Å²) in [6.45, 7) is 1.65. The number of likely N-dealkylation sites (tertiary alicyclic amines) is 1. The van der Waals surface area contributed by atoms with Gasteiger partial charge in [-0.25, -0.2) is 0 Å². The first kappa shape index (κ1) is 16.5. The van der Waals surface area contributed by atoms with Crippen LogP contribution in [0.2, 0.25) is 5.02 Å². The molecule has 1 atom stereocenters. The maximum Gasteiger partial charge on any atom is 0.263 e. The molecule has 1 fully saturated rings. The van der Waals surface area contributed by atoms with Crippen LogP contribution in [0.5, 0.6) is 5.75 Å². The summed E-state index contributed by atoms with van der Waals surface area (Å²) < 4.78 is 5.85. The van der Waals surface area contributed by atoms with Gasteiger partial charge in [-0.15, -0.1) is 0 Å². The van der Waals surface area contributed by atoms with Gasteiger partial charge in [0.05, 0.1) is 0 Å². The van der Waals surface area contributed by atoms with Gasteiger partial charge in [0, 0.05) is 24.5 Å². The molecule has 1 amide bonds. The molecular formula is C21H22ClNO2. The van der Waals surface area contributed by atoms with Gasteiger partial charge in [0.1, 0.15) is 5.75 Å². The Kier molecular flexibility index (Phi) is 4.67. The number of hydrogen-bond donors (Lipinski definition) is 0. The lowest BCUT2D eigenvalue weighted by molar-refractivity contribution is -0.139. The summed E-state index contributed by atoms with van der Waals surface area (Å²) in [6, 6.07) is 16.2. The van der Waals surface area contributed by atoms with Gasteiger partial charge in [-0.05, 0) is 54.5 Å². The SMILES string of the molecule is O=C([C@H]1Cc2cc(Cl)ccc2O1)N1CCC(Cc2ccccc2)CC1. The van der Waals surface area contributed by atoms with E-state index >= 15 is 0 Å². The number of hydrogen-bond acceptors (Lipinski definition) is 2. The van der Waals surface area contributed by atoms with Gasteiger partial charge in [-0.2, -0.15) is 0 Å². The minimum Gasteiger partial charge on any atom is -0.480 e. The van der Waals surface area contributed by atoms with Crippen LogP contribution in [-0.2, 0) is 17.6 Å². The third-order valence-electron chi connectivity index (χ3n) is 5.27.